The van der Waals surface area contributed by atoms with Gasteiger partial charge in [-0.05, 0) is 36.6 Å². The summed E-state index contributed by atoms with van der Waals surface area (Å²) in [6.45, 7) is 2.48. The van der Waals surface area contributed by atoms with Crippen LogP contribution in [0.5, 0.6) is 0 Å². The number of aryl methyl sites for hydroxylation is 1. The van der Waals surface area contributed by atoms with Gasteiger partial charge in [-0.1, -0.05) is 12.1 Å². The number of benzene rings is 1. The summed E-state index contributed by atoms with van der Waals surface area (Å²) in [5.41, 5.74) is 2.10. The Hall–Kier alpha value is -2.51. The van der Waals surface area contributed by atoms with Crippen LogP contribution in [0.25, 0.3) is 0 Å². The average molecular weight is 371 g/mol. The average Bonchev–Trinajstić information content (AvgIpc) is 3.27. The number of hydrogen-bond donors (Lipinski definition) is 2. The molecule has 0 radical (unpaired) electrons. The molecule has 3 aromatic rings. The van der Waals surface area contributed by atoms with Gasteiger partial charge in [0.2, 0.25) is 0 Å². The molecule has 2 N–H and O–H groups in total. The van der Waals surface area contributed by atoms with E-state index in [1.54, 1.807) is 41.7 Å². The van der Waals surface area contributed by atoms with Crippen LogP contribution in [-0.2, 0) is 6.42 Å². The molecule has 5 nitrogen and oxygen atoms in total. The van der Waals surface area contributed by atoms with Crippen molar-refractivity contribution in [2.45, 2.75) is 13.3 Å². The smallest absolute Gasteiger partial charge is 0.265 e. The predicted molar refractivity (Wildman–Crippen MR) is 102 cm³/mol. The lowest BCUT2D eigenvalue weighted by Gasteiger charge is -2.07. The molecule has 0 fully saturated rings. The van der Waals surface area contributed by atoms with E-state index in [0.29, 0.717) is 29.1 Å². The molecule has 2 aromatic heterocycles. The van der Waals surface area contributed by atoms with E-state index < -0.39 is 0 Å². The molecule has 0 unspecified atom stereocenters. The van der Waals surface area contributed by atoms with Crippen molar-refractivity contribution in [3.63, 3.8) is 0 Å². The lowest BCUT2D eigenvalue weighted by atomic mass is 10.2. The fourth-order valence-corrected chi connectivity index (χ4v) is 3.53. The molecule has 0 bridgehead atoms. The van der Waals surface area contributed by atoms with Gasteiger partial charge in [0.15, 0.2) is 0 Å². The zero-order valence-corrected chi connectivity index (χ0v) is 15.2. The molecule has 2 heterocycles. The molecule has 1 aromatic carbocycles. The van der Waals surface area contributed by atoms with Gasteiger partial charge < -0.3 is 10.6 Å². The molecular weight excluding hydrogens is 354 g/mol. The van der Waals surface area contributed by atoms with Gasteiger partial charge in [0, 0.05) is 29.6 Å². The highest BCUT2D eigenvalue weighted by atomic mass is 32.1. The summed E-state index contributed by atoms with van der Waals surface area (Å²) >= 11 is 2.98. The summed E-state index contributed by atoms with van der Waals surface area (Å²) in [6.07, 6.45) is 0.699. The molecule has 7 heteroatoms. The second-order valence-corrected chi connectivity index (χ2v) is 7.39. The predicted octanol–water partition coefficient (Wildman–Crippen LogP) is 3.74. The first kappa shape index (κ1) is 17.3. The van der Waals surface area contributed by atoms with Crippen LogP contribution in [0.2, 0.25) is 0 Å². The van der Waals surface area contributed by atoms with Gasteiger partial charge in [-0.25, -0.2) is 4.98 Å². The van der Waals surface area contributed by atoms with Crippen molar-refractivity contribution in [2.24, 2.45) is 0 Å². The number of aromatic nitrogens is 1. The molecule has 0 aliphatic heterocycles. The maximum atomic E-state index is 12.3. The number of thiophene rings is 1. The highest BCUT2D eigenvalue weighted by molar-refractivity contribution is 7.12. The first-order chi connectivity index (χ1) is 12.1. The number of nitrogens with zero attached hydrogens (tertiary/aromatic N) is 1. The Morgan fingerprint density at radius 3 is 2.72 bits per heavy atom. The van der Waals surface area contributed by atoms with Crippen LogP contribution < -0.4 is 10.6 Å². The van der Waals surface area contributed by atoms with Crippen molar-refractivity contribution in [3.8, 4) is 0 Å². The number of amides is 2. The Labute approximate surface area is 153 Å². The van der Waals surface area contributed by atoms with Crippen LogP contribution in [0, 0.1) is 6.92 Å². The molecule has 128 valence electrons. The van der Waals surface area contributed by atoms with Crippen LogP contribution in [-0.4, -0.2) is 23.3 Å². The molecule has 0 aliphatic rings. The Kier molecular flexibility index (Phi) is 5.57. The molecule has 0 atom stereocenters. The summed E-state index contributed by atoms with van der Waals surface area (Å²) in [4.78, 5) is 29.4. The number of carbonyl (C=O) groups excluding carboxylic acids is 2. The zero-order chi connectivity index (χ0) is 17.6. The number of nitrogens with one attached hydrogen (secondary N) is 2. The van der Waals surface area contributed by atoms with Crippen molar-refractivity contribution in [3.05, 3.63) is 68.3 Å². The molecule has 25 heavy (non-hydrogen) atoms. The van der Waals surface area contributed by atoms with Gasteiger partial charge in [-0.2, -0.15) is 0 Å². The summed E-state index contributed by atoms with van der Waals surface area (Å²) in [6, 6.07) is 10.5. The van der Waals surface area contributed by atoms with E-state index >= 15 is 0 Å². The minimum absolute atomic E-state index is 0.167. The number of thiazole rings is 1. The molecule has 0 saturated heterocycles. The second kappa shape index (κ2) is 8.04. The fourth-order valence-electron chi connectivity index (χ4n) is 2.27. The molecule has 0 saturated carbocycles. The van der Waals surface area contributed by atoms with Crippen LogP contribution in [0.1, 0.15) is 30.7 Å². The molecule has 3 rings (SSSR count). The van der Waals surface area contributed by atoms with Crippen LogP contribution >= 0.6 is 22.7 Å². The van der Waals surface area contributed by atoms with E-state index in [0.717, 1.165) is 10.7 Å². The number of anilines is 1. The lowest BCUT2D eigenvalue weighted by molar-refractivity contribution is 0.0952. The van der Waals surface area contributed by atoms with E-state index in [9.17, 15) is 9.59 Å². The third kappa shape index (κ3) is 4.74. The second-order valence-electron chi connectivity index (χ2n) is 5.38. The summed E-state index contributed by atoms with van der Waals surface area (Å²) in [5.74, 6) is -0.342. The van der Waals surface area contributed by atoms with Crippen molar-refractivity contribution < 1.29 is 9.59 Å². The Balaban J connectivity index is 1.56. The SMILES string of the molecule is Cc1nc(CCNC(=O)c2cccc(NC(=O)c3cccs3)c2)cs1. The normalized spacial score (nSPS) is 10.4. The molecule has 2 amide bonds. The number of carbonyl (C=O) groups is 2. The Bertz CT molecular complexity index is 872. The van der Waals surface area contributed by atoms with Crippen molar-refractivity contribution >= 4 is 40.2 Å². The van der Waals surface area contributed by atoms with E-state index in [1.807, 2.05) is 23.8 Å². The van der Waals surface area contributed by atoms with E-state index in [1.165, 1.54) is 11.3 Å². The zero-order valence-electron chi connectivity index (χ0n) is 13.6. The maximum Gasteiger partial charge on any atom is 0.265 e. The van der Waals surface area contributed by atoms with E-state index in [-0.39, 0.29) is 11.8 Å². The fraction of sp³-hybridized carbons (Fsp3) is 0.167. The largest absolute Gasteiger partial charge is 0.352 e. The lowest BCUT2D eigenvalue weighted by Crippen LogP contribution is -2.25. The standard InChI is InChI=1S/C18H17N3O2S2/c1-12-20-15(11-25-12)7-8-19-17(22)13-4-2-5-14(10-13)21-18(23)16-6-3-9-24-16/h2-6,9-11H,7-8H2,1H3,(H,19,22)(H,21,23). The summed E-state index contributed by atoms with van der Waals surface area (Å²) in [5, 5.41) is 10.6. The first-order valence-corrected chi connectivity index (χ1v) is 9.52. The van der Waals surface area contributed by atoms with Crippen LogP contribution in [0.3, 0.4) is 0 Å². The third-order valence-corrected chi connectivity index (χ3v) is 5.15. The third-order valence-electron chi connectivity index (χ3n) is 3.46. The minimum Gasteiger partial charge on any atom is -0.352 e. The summed E-state index contributed by atoms with van der Waals surface area (Å²) in [7, 11) is 0. The van der Waals surface area contributed by atoms with Gasteiger partial charge in [0.05, 0.1) is 15.6 Å². The molecule has 0 aliphatic carbocycles. The van der Waals surface area contributed by atoms with Gasteiger partial charge in [0.1, 0.15) is 0 Å². The van der Waals surface area contributed by atoms with Gasteiger partial charge in [0.25, 0.3) is 11.8 Å². The Morgan fingerprint density at radius 2 is 2.00 bits per heavy atom. The van der Waals surface area contributed by atoms with Crippen molar-refractivity contribution in [1.29, 1.82) is 0 Å². The monoisotopic (exact) mass is 371 g/mol. The minimum atomic E-state index is -0.175. The quantitative estimate of drug-likeness (QED) is 0.693. The van der Waals surface area contributed by atoms with Crippen LogP contribution in [0.4, 0.5) is 5.69 Å². The van der Waals surface area contributed by atoms with Gasteiger partial charge >= 0.3 is 0 Å². The van der Waals surface area contributed by atoms with E-state index in [2.05, 4.69) is 15.6 Å². The highest BCUT2D eigenvalue weighted by Gasteiger charge is 2.10. The number of rotatable bonds is 6. The van der Waals surface area contributed by atoms with Crippen LogP contribution in [0.15, 0.2) is 47.2 Å². The Morgan fingerprint density at radius 1 is 1.12 bits per heavy atom. The topological polar surface area (TPSA) is 71.1 Å². The van der Waals surface area contributed by atoms with Gasteiger partial charge in [-0.3, -0.25) is 9.59 Å². The molecular formula is C18H17N3O2S2. The first-order valence-electron chi connectivity index (χ1n) is 7.76. The van der Waals surface area contributed by atoms with Crippen molar-refractivity contribution in [2.75, 3.05) is 11.9 Å². The van der Waals surface area contributed by atoms with Crippen molar-refractivity contribution in [1.82, 2.24) is 10.3 Å². The van der Waals surface area contributed by atoms with E-state index in [4.69, 9.17) is 0 Å². The highest BCUT2D eigenvalue weighted by Crippen LogP contribution is 2.15. The maximum absolute atomic E-state index is 12.3. The molecule has 0 spiro atoms. The summed E-state index contributed by atoms with van der Waals surface area (Å²) < 4.78 is 0. The van der Waals surface area contributed by atoms with Gasteiger partial charge in [-0.15, -0.1) is 22.7 Å². The number of hydrogen-bond acceptors (Lipinski definition) is 5.